The van der Waals surface area contributed by atoms with Crippen LogP contribution in [0.1, 0.15) is 19.8 Å². The molecule has 132 valence electrons. The Labute approximate surface area is 152 Å². The number of anilines is 2. The van der Waals surface area contributed by atoms with Gasteiger partial charge in [0, 0.05) is 25.2 Å². The van der Waals surface area contributed by atoms with Crippen LogP contribution in [0.2, 0.25) is 0 Å². The van der Waals surface area contributed by atoms with Gasteiger partial charge in [-0.1, -0.05) is 0 Å². The molecule has 0 aliphatic carbocycles. The van der Waals surface area contributed by atoms with E-state index in [1.54, 1.807) is 12.4 Å². The van der Waals surface area contributed by atoms with E-state index in [9.17, 15) is 4.79 Å². The second kappa shape index (κ2) is 11.0. The van der Waals surface area contributed by atoms with Gasteiger partial charge in [0.05, 0.1) is 23.1 Å². The standard InChI is InChI=1S/C16H21ClN4O2.ClH/c1-2-23-11-14(22)21-13-10-20-12-6-5-9-19-15(12)16(13)18-8-4-3-7-17;/h5-6,9-10H,2-4,7-8,11H2,1H3,(H,18,20)(H,21,22);1H. The van der Waals surface area contributed by atoms with Crippen molar-refractivity contribution >= 4 is 52.3 Å². The third-order valence-corrected chi connectivity index (χ3v) is 3.47. The minimum absolute atomic E-state index is 0. The number of pyridine rings is 2. The summed E-state index contributed by atoms with van der Waals surface area (Å²) in [5.74, 6) is 0.419. The molecule has 0 aromatic carbocycles. The topological polar surface area (TPSA) is 76.1 Å². The smallest absolute Gasteiger partial charge is 0.250 e. The van der Waals surface area contributed by atoms with Crippen LogP contribution in [0, 0.1) is 0 Å². The molecule has 2 rings (SSSR count). The van der Waals surface area contributed by atoms with Gasteiger partial charge in [0.1, 0.15) is 12.1 Å². The Bertz CT molecular complexity index is 655. The fourth-order valence-electron chi connectivity index (χ4n) is 2.11. The molecule has 2 N–H and O–H groups in total. The number of carbonyl (C=O) groups excluding carboxylic acids is 1. The van der Waals surface area contributed by atoms with E-state index >= 15 is 0 Å². The largest absolute Gasteiger partial charge is 0.381 e. The Morgan fingerprint density at radius 2 is 2.17 bits per heavy atom. The van der Waals surface area contributed by atoms with Crippen molar-refractivity contribution in [3.05, 3.63) is 24.5 Å². The molecule has 0 saturated heterocycles. The van der Waals surface area contributed by atoms with Crippen LogP contribution in [0.5, 0.6) is 0 Å². The van der Waals surface area contributed by atoms with Gasteiger partial charge in [0.15, 0.2) is 0 Å². The van der Waals surface area contributed by atoms with E-state index in [4.69, 9.17) is 16.3 Å². The molecule has 8 heteroatoms. The SMILES string of the molecule is CCOCC(=O)Nc1cnc2cccnc2c1NCCCCCl.Cl. The number of hydrogen-bond acceptors (Lipinski definition) is 5. The number of aromatic nitrogens is 2. The molecular formula is C16H22Cl2N4O2. The molecule has 0 bridgehead atoms. The minimum Gasteiger partial charge on any atom is -0.381 e. The summed E-state index contributed by atoms with van der Waals surface area (Å²) in [6.07, 6.45) is 5.21. The van der Waals surface area contributed by atoms with Crippen LogP contribution >= 0.6 is 24.0 Å². The quantitative estimate of drug-likeness (QED) is 0.520. The number of nitrogens with one attached hydrogen (secondary N) is 2. The van der Waals surface area contributed by atoms with Gasteiger partial charge in [-0.25, -0.2) is 0 Å². The van der Waals surface area contributed by atoms with Crippen molar-refractivity contribution in [2.75, 3.05) is 36.3 Å². The highest BCUT2D eigenvalue weighted by Gasteiger charge is 2.12. The number of unbranched alkanes of at least 4 members (excludes halogenated alkanes) is 1. The highest BCUT2D eigenvalue weighted by molar-refractivity contribution is 6.17. The zero-order valence-electron chi connectivity index (χ0n) is 13.5. The number of ether oxygens (including phenoxy) is 1. The van der Waals surface area contributed by atoms with E-state index in [1.165, 1.54) is 0 Å². The molecular weight excluding hydrogens is 351 g/mol. The molecule has 24 heavy (non-hydrogen) atoms. The van der Waals surface area contributed by atoms with E-state index in [0.717, 1.165) is 36.1 Å². The monoisotopic (exact) mass is 372 g/mol. The van der Waals surface area contributed by atoms with Gasteiger partial charge in [-0.15, -0.1) is 24.0 Å². The lowest BCUT2D eigenvalue weighted by Crippen LogP contribution is -2.19. The first-order valence-corrected chi connectivity index (χ1v) is 8.21. The Hall–Kier alpha value is -1.63. The average molecular weight is 373 g/mol. The third kappa shape index (κ3) is 5.78. The Morgan fingerprint density at radius 1 is 1.33 bits per heavy atom. The average Bonchev–Trinajstić information content (AvgIpc) is 2.58. The van der Waals surface area contributed by atoms with Crippen LogP contribution in [-0.2, 0) is 9.53 Å². The van der Waals surface area contributed by atoms with Crippen molar-refractivity contribution in [2.24, 2.45) is 0 Å². The van der Waals surface area contributed by atoms with Gasteiger partial charge >= 0.3 is 0 Å². The first-order chi connectivity index (χ1) is 11.3. The Kier molecular flexibility index (Phi) is 9.37. The Balaban J connectivity index is 0.00000288. The number of alkyl halides is 1. The van der Waals surface area contributed by atoms with E-state index in [-0.39, 0.29) is 24.9 Å². The van der Waals surface area contributed by atoms with Crippen LogP contribution in [0.4, 0.5) is 11.4 Å². The maximum absolute atomic E-state index is 11.9. The summed E-state index contributed by atoms with van der Waals surface area (Å²) in [7, 11) is 0. The molecule has 1 amide bonds. The van der Waals surface area contributed by atoms with E-state index in [2.05, 4.69) is 20.6 Å². The molecule has 0 aliphatic heterocycles. The third-order valence-electron chi connectivity index (χ3n) is 3.20. The summed E-state index contributed by atoms with van der Waals surface area (Å²) >= 11 is 5.71. The second-order valence-corrected chi connectivity index (χ2v) is 5.30. The molecule has 6 nitrogen and oxygen atoms in total. The zero-order chi connectivity index (χ0) is 16.5. The first-order valence-electron chi connectivity index (χ1n) is 7.67. The predicted octanol–water partition coefficient (Wildman–Crippen LogP) is 3.46. The number of carbonyl (C=O) groups is 1. The summed E-state index contributed by atoms with van der Waals surface area (Å²) in [4.78, 5) is 20.6. The highest BCUT2D eigenvalue weighted by Crippen LogP contribution is 2.28. The first kappa shape index (κ1) is 20.4. The van der Waals surface area contributed by atoms with Gasteiger partial charge in [0.25, 0.3) is 0 Å². The number of amides is 1. The maximum atomic E-state index is 11.9. The Morgan fingerprint density at radius 3 is 2.92 bits per heavy atom. The van der Waals surface area contributed by atoms with Crippen molar-refractivity contribution in [1.82, 2.24) is 9.97 Å². The molecule has 0 saturated carbocycles. The summed E-state index contributed by atoms with van der Waals surface area (Å²) in [6, 6.07) is 3.72. The molecule has 0 spiro atoms. The molecule has 0 unspecified atom stereocenters. The van der Waals surface area contributed by atoms with E-state index < -0.39 is 0 Å². The molecule has 0 fully saturated rings. The predicted molar refractivity (Wildman–Crippen MR) is 100 cm³/mol. The molecule has 2 aromatic rings. The van der Waals surface area contributed by atoms with Crippen molar-refractivity contribution in [2.45, 2.75) is 19.8 Å². The fourth-order valence-corrected chi connectivity index (χ4v) is 2.30. The second-order valence-electron chi connectivity index (χ2n) is 4.93. The van der Waals surface area contributed by atoms with Crippen LogP contribution in [0.25, 0.3) is 11.0 Å². The molecule has 0 aliphatic rings. The number of hydrogen-bond donors (Lipinski definition) is 2. The number of fused-ring (bicyclic) bond motifs is 1. The van der Waals surface area contributed by atoms with Gasteiger partial charge in [0.2, 0.25) is 5.91 Å². The van der Waals surface area contributed by atoms with Crippen LogP contribution in [0.3, 0.4) is 0 Å². The molecule has 0 atom stereocenters. The summed E-state index contributed by atoms with van der Waals surface area (Å²) in [5, 5.41) is 6.16. The molecule has 2 aromatic heterocycles. The summed E-state index contributed by atoms with van der Waals surface area (Å²) in [6.45, 7) is 3.10. The van der Waals surface area contributed by atoms with Crippen molar-refractivity contribution < 1.29 is 9.53 Å². The minimum atomic E-state index is -0.215. The van der Waals surface area contributed by atoms with Crippen LogP contribution < -0.4 is 10.6 Å². The lowest BCUT2D eigenvalue weighted by atomic mass is 10.2. The lowest BCUT2D eigenvalue weighted by molar-refractivity contribution is -0.120. The lowest BCUT2D eigenvalue weighted by Gasteiger charge is -2.14. The van der Waals surface area contributed by atoms with Gasteiger partial charge in [-0.3, -0.25) is 14.8 Å². The number of halogens is 2. The molecule has 0 radical (unpaired) electrons. The van der Waals surface area contributed by atoms with Crippen molar-refractivity contribution in [1.29, 1.82) is 0 Å². The van der Waals surface area contributed by atoms with Gasteiger partial charge < -0.3 is 15.4 Å². The van der Waals surface area contributed by atoms with Gasteiger partial charge in [-0.05, 0) is 31.9 Å². The van der Waals surface area contributed by atoms with Crippen LogP contribution in [0.15, 0.2) is 24.5 Å². The molecule has 2 heterocycles. The van der Waals surface area contributed by atoms with E-state index in [1.807, 2.05) is 19.1 Å². The summed E-state index contributed by atoms with van der Waals surface area (Å²) < 4.78 is 5.12. The van der Waals surface area contributed by atoms with Gasteiger partial charge in [-0.2, -0.15) is 0 Å². The number of rotatable bonds is 9. The maximum Gasteiger partial charge on any atom is 0.250 e. The van der Waals surface area contributed by atoms with Crippen molar-refractivity contribution in [3.63, 3.8) is 0 Å². The normalized spacial score (nSPS) is 10.2. The highest BCUT2D eigenvalue weighted by atomic mass is 35.5. The van der Waals surface area contributed by atoms with Crippen molar-refractivity contribution in [3.8, 4) is 0 Å². The summed E-state index contributed by atoms with van der Waals surface area (Å²) in [5.41, 5.74) is 2.88. The number of nitrogens with zero attached hydrogens (tertiary/aromatic N) is 2. The fraction of sp³-hybridized carbons (Fsp3) is 0.438. The van der Waals surface area contributed by atoms with E-state index in [0.29, 0.717) is 18.2 Å². The zero-order valence-corrected chi connectivity index (χ0v) is 15.1. The van der Waals surface area contributed by atoms with Crippen LogP contribution in [-0.4, -0.2) is 41.5 Å².